The van der Waals surface area contributed by atoms with Crippen LogP contribution in [0, 0.1) is 0 Å². The maximum Gasteiger partial charge on any atom is 0.157 e. The number of nitrogens with zero attached hydrogens (tertiary/aromatic N) is 3. The molecule has 0 saturated carbocycles. The molecule has 84 valence electrons. The summed E-state index contributed by atoms with van der Waals surface area (Å²) in [5.74, 6) is 0. The normalized spacial score (nSPS) is 8.67. The summed E-state index contributed by atoms with van der Waals surface area (Å²) in [6, 6.07) is 1.84. The first-order valence-corrected chi connectivity index (χ1v) is 5.58. The molecule has 4 heteroatoms. The van der Waals surface area contributed by atoms with Gasteiger partial charge < -0.3 is 0 Å². The maximum absolute atomic E-state index is 5.73. The van der Waals surface area contributed by atoms with Crippen molar-refractivity contribution in [2.75, 3.05) is 0 Å². The Labute approximate surface area is 96.1 Å². The smallest absolute Gasteiger partial charge is 0.157 e. The minimum absolute atomic E-state index is 0.644. The molecule has 0 spiro atoms. The van der Waals surface area contributed by atoms with E-state index in [1.54, 1.807) is 17.1 Å². The second-order valence-electron chi connectivity index (χ2n) is 2.33. The molecule has 0 radical (unpaired) electrons. The lowest BCUT2D eigenvalue weighted by Crippen LogP contribution is -1.90. The molecule has 2 heterocycles. The van der Waals surface area contributed by atoms with Gasteiger partial charge in [-0.3, -0.25) is 4.68 Å². The fourth-order valence-electron chi connectivity index (χ4n) is 1.02. The summed E-state index contributed by atoms with van der Waals surface area (Å²) in [5, 5.41) is 5.65. The van der Waals surface area contributed by atoms with Gasteiger partial charge in [-0.15, -0.1) is 0 Å². The summed E-state index contributed by atoms with van der Waals surface area (Å²) in [6.07, 6.45) is 3.36. The molecule has 2 rings (SSSR count). The minimum atomic E-state index is 0.644. The van der Waals surface area contributed by atoms with Crippen molar-refractivity contribution in [1.82, 2.24) is 14.8 Å². The van der Waals surface area contributed by atoms with Gasteiger partial charge in [-0.2, -0.15) is 5.10 Å². The van der Waals surface area contributed by atoms with Crippen LogP contribution in [0.2, 0.25) is 5.02 Å². The lowest BCUT2D eigenvalue weighted by molar-refractivity contribution is 0.786. The van der Waals surface area contributed by atoms with Crippen molar-refractivity contribution in [2.45, 2.75) is 27.7 Å². The van der Waals surface area contributed by atoms with Crippen molar-refractivity contribution in [3.63, 3.8) is 0 Å². The molecule has 0 bridgehead atoms. The van der Waals surface area contributed by atoms with Crippen LogP contribution in [0.3, 0.4) is 0 Å². The van der Waals surface area contributed by atoms with Gasteiger partial charge in [-0.05, 0) is 6.07 Å². The zero-order valence-corrected chi connectivity index (χ0v) is 10.7. The van der Waals surface area contributed by atoms with Gasteiger partial charge in [0.25, 0.3) is 0 Å². The Bertz CT molecular complexity index is 396. The quantitative estimate of drug-likeness (QED) is 0.688. The Balaban J connectivity index is 0.000000442. The molecule has 0 fully saturated rings. The summed E-state index contributed by atoms with van der Waals surface area (Å²) < 4.78 is 1.71. The first-order valence-electron chi connectivity index (χ1n) is 5.20. The van der Waals surface area contributed by atoms with Gasteiger partial charge in [-0.1, -0.05) is 39.3 Å². The highest BCUT2D eigenvalue weighted by Gasteiger charge is 1.99. The summed E-state index contributed by atoms with van der Waals surface area (Å²) in [7, 11) is 1.85. The van der Waals surface area contributed by atoms with Gasteiger partial charge in [0.2, 0.25) is 0 Å². The minimum Gasteiger partial charge on any atom is -0.250 e. The van der Waals surface area contributed by atoms with Crippen molar-refractivity contribution < 1.29 is 0 Å². The molecule has 2 aromatic heterocycles. The molecule has 0 unspecified atom stereocenters. The van der Waals surface area contributed by atoms with Crippen molar-refractivity contribution in [3.8, 4) is 0 Å². The van der Waals surface area contributed by atoms with Crippen LogP contribution in [-0.4, -0.2) is 14.8 Å². The van der Waals surface area contributed by atoms with E-state index in [-0.39, 0.29) is 0 Å². The Morgan fingerprint density at radius 3 is 2.33 bits per heavy atom. The topological polar surface area (TPSA) is 30.7 Å². The van der Waals surface area contributed by atoms with E-state index in [1.165, 1.54) is 0 Å². The largest absolute Gasteiger partial charge is 0.250 e. The summed E-state index contributed by atoms with van der Waals surface area (Å²) in [6.45, 7) is 8.00. The Morgan fingerprint density at radius 2 is 1.73 bits per heavy atom. The fourth-order valence-corrected chi connectivity index (χ4v) is 1.18. The van der Waals surface area contributed by atoms with Crippen molar-refractivity contribution in [3.05, 3.63) is 23.5 Å². The average Bonchev–Trinajstić information content (AvgIpc) is 2.65. The zero-order chi connectivity index (χ0) is 11.8. The lowest BCUT2D eigenvalue weighted by Gasteiger charge is -1.91. The van der Waals surface area contributed by atoms with Gasteiger partial charge in [0.1, 0.15) is 0 Å². The first-order chi connectivity index (χ1) is 7.27. The summed E-state index contributed by atoms with van der Waals surface area (Å²) >= 11 is 5.73. The number of rotatable bonds is 0. The van der Waals surface area contributed by atoms with Gasteiger partial charge in [0.15, 0.2) is 5.65 Å². The van der Waals surface area contributed by atoms with Crippen molar-refractivity contribution in [2.24, 2.45) is 7.05 Å². The standard InChI is InChI=1S/C7H6ClN3.2C2H6/c1-11-7-5(3-10-11)2-6(8)4-9-7;2*1-2/h2-4H,1H3;2*1-2H3. The van der Waals surface area contributed by atoms with Crippen LogP contribution in [0.1, 0.15) is 27.7 Å². The predicted octanol–water partition coefficient (Wildman–Crippen LogP) is 3.67. The van der Waals surface area contributed by atoms with Gasteiger partial charge in [0, 0.05) is 18.6 Å². The summed E-state index contributed by atoms with van der Waals surface area (Å²) in [4.78, 5) is 4.11. The number of pyridine rings is 1. The molecule has 15 heavy (non-hydrogen) atoms. The summed E-state index contributed by atoms with van der Waals surface area (Å²) in [5.41, 5.74) is 0.856. The second-order valence-corrected chi connectivity index (χ2v) is 2.77. The number of halogens is 1. The van der Waals surface area contributed by atoms with Crippen LogP contribution in [0.5, 0.6) is 0 Å². The van der Waals surface area contributed by atoms with Crippen LogP contribution in [0.25, 0.3) is 11.0 Å². The number of hydrogen-bond donors (Lipinski definition) is 0. The van der Waals surface area contributed by atoms with Crippen LogP contribution in [0.15, 0.2) is 18.5 Å². The van der Waals surface area contributed by atoms with Crippen LogP contribution < -0.4 is 0 Å². The molecule has 0 aliphatic carbocycles. The highest BCUT2D eigenvalue weighted by molar-refractivity contribution is 6.31. The monoisotopic (exact) mass is 227 g/mol. The first kappa shape index (κ1) is 13.9. The van der Waals surface area contributed by atoms with Crippen LogP contribution >= 0.6 is 11.6 Å². The molecule has 0 atom stereocenters. The van der Waals surface area contributed by atoms with E-state index in [4.69, 9.17) is 11.6 Å². The van der Waals surface area contributed by atoms with E-state index in [2.05, 4.69) is 10.1 Å². The van der Waals surface area contributed by atoms with Gasteiger partial charge >= 0.3 is 0 Å². The third kappa shape index (κ3) is 3.51. The van der Waals surface area contributed by atoms with Crippen molar-refractivity contribution in [1.29, 1.82) is 0 Å². The molecule has 0 aromatic carbocycles. The van der Waals surface area contributed by atoms with E-state index < -0.39 is 0 Å². The van der Waals surface area contributed by atoms with E-state index in [9.17, 15) is 0 Å². The maximum atomic E-state index is 5.73. The second kappa shape index (κ2) is 7.23. The predicted molar refractivity (Wildman–Crippen MR) is 66.2 cm³/mol. The molecule has 0 aliphatic rings. The molecule has 2 aromatic rings. The molecular formula is C11H18ClN3. The molecule has 3 nitrogen and oxygen atoms in total. The van der Waals surface area contributed by atoms with Gasteiger partial charge in [-0.25, -0.2) is 4.98 Å². The fraction of sp³-hybridized carbons (Fsp3) is 0.455. The van der Waals surface area contributed by atoms with E-state index in [0.717, 1.165) is 11.0 Å². The SMILES string of the molecule is CC.CC.Cn1ncc2cc(Cl)cnc21. The Morgan fingerprint density at radius 1 is 1.13 bits per heavy atom. The zero-order valence-electron chi connectivity index (χ0n) is 9.95. The highest BCUT2D eigenvalue weighted by atomic mass is 35.5. The number of aryl methyl sites for hydroxylation is 1. The third-order valence-electron chi connectivity index (χ3n) is 1.54. The molecule has 0 N–H and O–H groups in total. The van der Waals surface area contributed by atoms with E-state index in [0.29, 0.717) is 5.02 Å². The Hall–Kier alpha value is -1.09. The van der Waals surface area contributed by atoms with E-state index >= 15 is 0 Å². The van der Waals surface area contributed by atoms with Crippen LogP contribution in [-0.2, 0) is 7.05 Å². The number of hydrogen-bond acceptors (Lipinski definition) is 2. The average molecular weight is 228 g/mol. The van der Waals surface area contributed by atoms with E-state index in [1.807, 2.05) is 40.8 Å². The Kier molecular flexibility index (Phi) is 6.71. The molecule has 0 amide bonds. The van der Waals surface area contributed by atoms with Gasteiger partial charge in [0.05, 0.1) is 11.2 Å². The molecule has 0 aliphatic heterocycles. The number of fused-ring (bicyclic) bond motifs is 1. The molecular weight excluding hydrogens is 210 g/mol. The van der Waals surface area contributed by atoms with Crippen LogP contribution in [0.4, 0.5) is 0 Å². The lowest BCUT2D eigenvalue weighted by atomic mass is 10.4. The number of aromatic nitrogens is 3. The molecule has 0 saturated heterocycles. The highest BCUT2D eigenvalue weighted by Crippen LogP contribution is 2.14. The van der Waals surface area contributed by atoms with Crippen molar-refractivity contribution >= 4 is 22.6 Å². The third-order valence-corrected chi connectivity index (χ3v) is 1.75.